The molecule has 0 radical (unpaired) electrons. The molecule has 0 saturated heterocycles. The SMILES string of the molecule is Nc1ncnc2c3c(n(-c4ccc(NC(=O)Cc5ccnc(C(F)(F)F)c5)cc4)c12)CCC3. The first kappa shape index (κ1) is 20.9. The molecule has 33 heavy (non-hydrogen) atoms. The van der Waals surface area contributed by atoms with Crippen LogP contribution in [0.3, 0.4) is 0 Å². The van der Waals surface area contributed by atoms with Gasteiger partial charge in [0, 0.05) is 23.3 Å². The Hall–Kier alpha value is -3.95. The number of hydrogen-bond acceptors (Lipinski definition) is 5. The van der Waals surface area contributed by atoms with E-state index >= 15 is 0 Å². The molecule has 4 aromatic rings. The monoisotopic (exact) mass is 452 g/mol. The number of alkyl halides is 3. The summed E-state index contributed by atoms with van der Waals surface area (Å²) in [4.78, 5) is 24.3. The predicted molar refractivity (Wildman–Crippen MR) is 117 cm³/mol. The molecular weight excluding hydrogens is 433 g/mol. The molecule has 1 aliphatic rings. The van der Waals surface area contributed by atoms with E-state index in [0.29, 0.717) is 11.5 Å². The molecule has 0 spiro atoms. The van der Waals surface area contributed by atoms with Crippen LogP contribution >= 0.6 is 0 Å². The molecule has 0 aliphatic heterocycles. The lowest BCUT2D eigenvalue weighted by Gasteiger charge is -2.12. The third kappa shape index (κ3) is 3.88. The van der Waals surface area contributed by atoms with Gasteiger partial charge in [-0.2, -0.15) is 13.2 Å². The first-order valence-electron chi connectivity index (χ1n) is 10.4. The molecule has 5 rings (SSSR count). The minimum absolute atomic E-state index is 0.197. The molecule has 0 atom stereocenters. The zero-order valence-electron chi connectivity index (χ0n) is 17.4. The van der Waals surface area contributed by atoms with Crippen LogP contribution in [0.2, 0.25) is 0 Å². The van der Waals surface area contributed by atoms with Gasteiger partial charge in [-0.3, -0.25) is 9.78 Å². The Labute approximate surface area is 186 Å². The van der Waals surface area contributed by atoms with Gasteiger partial charge in [0.1, 0.15) is 17.5 Å². The topological polar surface area (TPSA) is 98.7 Å². The Bertz CT molecular complexity index is 1360. The van der Waals surface area contributed by atoms with Crippen molar-refractivity contribution in [2.75, 3.05) is 11.1 Å². The van der Waals surface area contributed by atoms with Crippen LogP contribution in [0.25, 0.3) is 16.7 Å². The Kier molecular flexibility index (Phi) is 4.99. The van der Waals surface area contributed by atoms with E-state index in [1.54, 1.807) is 12.1 Å². The van der Waals surface area contributed by atoms with Crippen LogP contribution in [0.5, 0.6) is 0 Å². The quantitative estimate of drug-likeness (QED) is 0.486. The molecule has 1 aromatic carbocycles. The van der Waals surface area contributed by atoms with Gasteiger partial charge in [0.25, 0.3) is 0 Å². The molecule has 1 amide bonds. The highest BCUT2D eigenvalue weighted by atomic mass is 19.4. The van der Waals surface area contributed by atoms with E-state index < -0.39 is 17.8 Å². The summed E-state index contributed by atoms with van der Waals surface area (Å²) in [5.41, 5.74) is 10.8. The molecule has 0 saturated carbocycles. The van der Waals surface area contributed by atoms with Crippen LogP contribution in [0, 0.1) is 0 Å². The van der Waals surface area contributed by atoms with E-state index in [2.05, 4.69) is 24.8 Å². The number of aryl methyl sites for hydroxylation is 1. The van der Waals surface area contributed by atoms with Crippen molar-refractivity contribution in [3.63, 3.8) is 0 Å². The summed E-state index contributed by atoms with van der Waals surface area (Å²) < 4.78 is 40.6. The number of fused-ring (bicyclic) bond motifs is 3. The summed E-state index contributed by atoms with van der Waals surface area (Å²) in [5.74, 6) is -0.0191. The lowest BCUT2D eigenvalue weighted by atomic mass is 10.1. The van der Waals surface area contributed by atoms with Gasteiger partial charge in [-0.15, -0.1) is 0 Å². The molecule has 3 heterocycles. The fraction of sp³-hybridized carbons (Fsp3) is 0.217. The largest absolute Gasteiger partial charge is 0.433 e. The highest BCUT2D eigenvalue weighted by Crippen LogP contribution is 2.36. The number of halogens is 3. The lowest BCUT2D eigenvalue weighted by Crippen LogP contribution is -2.15. The molecule has 0 bridgehead atoms. The second-order valence-corrected chi connectivity index (χ2v) is 7.89. The number of carbonyl (C=O) groups is 1. The molecule has 3 N–H and O–H groups in total. The number of aromatic nitrogens is 4. The van der Waals surface area contributed by atoms with Gasteiger partial charge in [-0.25, -0.2) is 9.97 Å². The number of pyridine rings is 1. The van der Waals surface area contributed by atoms with Crippen molar-refractivity contribution >= 4 is 28.4 Å². The maximum Gasteiger partial charge on any atom is 0.433 e. The Morgan fingerprint density at radius 1 is 1.09 bits per heavy atom. The normalized spacial score (nSPS) is 13.3. The molecule has 168 valence electrons. The molecule has 1 aliphatic carbocycles. The van der Waals surface area contributed by atoms with Crippen molar-refractivity contribution in [1.82, 2.24) is 19.5 Å². The number of amides is 1. The minimum atomic E-state index is -4.56. The summed E-state index contributed by atoms with van der Waals surface area (Å²) >= 11 is 0. The molecular formula is C23H19F3N6O. The third-order valence-corrected chi connectivity index (χ3v) is 5.71. The lowest BCUT2D eigenvalue weighted by molar-refractivity contribution is -0.141. The van der Waals surface area contributed by atoms with Gasteiger partial charge in [-0.05, 0) is 66.8 Å². The number of hydrogen-bond donors (Lipinski definition) is 2. The van der Waals surface area contributed by atoms with Gasteiger partial charge in [0.05, 0.1) is 11.9 Å². The predicted octanol–water partition coefficient (Wildman–Crippen LogP) is 4.09. The average molecular weight is 452 g/mol. The van der Waals surface area contributed by atoms with Gasteiger partial charge < -0.3 is 15.6 Å². The van der Waals surface area contributed by atoms with Crippen molar-refractivity contribution in [2.45, 2.75) is 31.9 Å². The Morgan fingerprint density at radius 2 is 1.88 bits per heavy atom. The Balaban J connectivity index is 1.37. The maximum absolute atomic E-state index is 12.8. The molecule has 0 unspecified atom stereocenters. The fourth-order valence-electron chi connectivity index (χ4n) is 4.31. The van der Waals surface area contributed by atoms with Crippen molar-refractivity contribution in [2.24, 2.45) is 0 Å². The van der Waals surface area contributed by atoms with Gasteiger partial charge in [0.15, 0.2) is 5.82 Å². The number of nitrogens with one attached hydrogen (secondary N) is 1. The van der Waals surface area contributed by atoms with Crippen LogP contribution < -0.4 is 11.1 Å². The van der Waals surface area contributed by atoms with E-state index in [-0.39, 0.29) is 12.0 Å². The first-order chi connectivity index (χ1) is 15.8. The summed E-state index contributed by atoms with van der Waals surface area (Å²) in [5, 5.41) is 2.72. The number of nitrogen functional groups attached to an aromatic ring is 1. The molecule has 0 fully saturated rings. The van der Waals surface area contributed by atoms with Crippen LogP contribution in [-0.2, 0) is 30.2 Å². The van der Waals surface area contributed by atoms with E-state index in [9.17, 15) is 18.0 Å². The van der Waals surface area contributed by atoms with Crippen molar-refractivity contribution < 1.29 is 18.0 Å². The van der Waals surface area contributed by atoms with Crippen LogP contribution in [-0.4, -0.2) is 25.4 Å². The molecule has 3 aromatic heterocycles. The van der Waals surface area contributed by atoms with Crippen LogP contribution in [0.1, 0.15) is 28.9 Å². The summed E-state index contributed by atoms with van der Waals surface area (Å²) in [6, 6.07) is 9.47. The van der Waals surface area contributed by atoms with Crippen molar-refractivity contribution in [3.8, 4) is 5.69 Å². The highest BCUT2D eigenvalue weighted by molar-refractivity contribution is 5.93. The number of carbonyl (C=O) groups excluding carboxylic acids is 1. The number of nitrogens with two attached hydrogens (primary N) is 1. The van der Waals surface area contributed by atoms with E-state index in [1.165, 1.54) is 18.0 Å². The molecule has 7 nitrogen and oxygen atoms in total. The van der Waals surface area contributed by atoms with Gasteiger partial charge in [0.2, 0.25) is 5.91 Å². The zero-order chi connectivity index (χ0) is 23.2. The third-order valence-electron chi connectivity index (χ3n) is 5.71. The van der Waals surface area contributed by atoms with Gasteiger partial charge >= 0.3 is 6.18 Å². The van der Waals surface area contributed by atoms with E-state index in [1.807, 2.05) is 12.1 Å². The smallest absolute Gasteiger partial charge is 0.382 e. The summed E-state index contributed by atoms with van der Waals surface area (Å²) in [6.45, 7) is 0. The number of nitrogens with zero attached hydrogens (tertiary/aromatic N) is 4. The van der Waals surface area contributed by atoms with Gasteiger partial charge in [-0.1, -0.05) is 0 Å². The minimum Gasteiger partial charge on any atom is -0.382 e. The zero-order valence-corrected chi connectivity index (χ0v) is 17.4. The summed E-state index contributed by atoms with van der Waals surface area (Å²) in [7, 11) is 0. The fourth-order valence-corrected chi connectivity index (χ4v) is 4.31. The van der Waals surface area contributed by atoms with Crippen molar-refractivity contribution in [1.29, 1.82) is 0 Å². The Morgan fingerprint density at radius 3 is 2.64 bits per heavy atom. The van der Waals surface area contributed by atoms with Crippen LogP contribution in [0.15, 0.2) is 48.9 Å². The first-order valence-corrected chi connectivity index (χ1v) is 10.4. The second-order valence-electron chi connectivity index (χ2n) is 7.89. The number of benzene rings is 1. The summed E-state index contributed by atoms with van der Waals surface area (Å²) in [6.07, 6.45) is 0.666. The van der Waals surface area contributed by atoms with E-state index in [4.69, 9.17) is 5.73 Å². The average Bonchev–Trinajstić information content (AvgIpc) is 3.36. The number of anilines is 2. The second kappa shape index (κ2) is 7.88. The van der Waals surface area contributed by atoms with Crippen molar-refractivity contribution in [3.05, 3.63) is 71.4 Å². The standard InChI is InChI=1S/C23H19F3N6O/c24-23(25,26)18-10-13(8-9-28-18)11-19(33)31-14-4-6-15(7-5-14)32-17-3-1-2-16(17)20-21(32)22(27)30-12-29-20/h4-10,12H,1-3,11H2,(H,31,33)(H2,27,29,30). The van der Waals surface area contributed by atoms with Crippen LogP contribution in [0.4, 0.5) is 24.7 Å². The van der Waals surface area contributed by atoms with E-state index in [0.717, 1.165) is 53.9 Å². The maximum atomic E-state index is 12.8. The number of rotatable bonds is 4. The highest BCUT2D eigenvalue weighted by Gasteiger charge is 2.32. The molecule has 10 heteroatoms.